The highest BCUT2D eigenvalue weighted by Gasteiger charge is 2.04. The minimum atomic E-state index is 0.705. The monoisotopic (exact) mass is 297 g/mol. The second-order valence-corrected chi connectivity index (χ2v) is 4.81. The number of benzene rings is 2. The van der Waals surface area contributed by atoms with Crippen LogP contribution in [0.5, 0.6) is 5.75 Å². The van der Waals surface area contributed by atoms with Crippen LogP contribution in [-0.4, -0.2) is 7.11 Å². The van der Waals surface area contributed by atoms with Crippen molar-refractivity contribution in [3.63, 3.8) is 0 Å². The summed E-state index contributed by atoms with van der Waals surface area (Å²) in [6.07, 6.45) is 2.08. The number of aryl methyl sites for hydroxylation is 1. The van der Waals surface area contributed by atoms with Crippen LogP contribution in [0.3, 0.4) is 0 Å². The van der Waals surface area contributed by atoms with Gasteiger partial charge < -0.3 is 4.74 Å². The fraction of sp³-hybridized carbons (Fsp3) is 0.350. The van der Waals surface area contributed by atoms with Crippen LogP contribution in [-0.2, 0) is 6.42 Å². The Balaban J connectivity index is 0.000000372. The molecule has 0 unspecified atom stereocenters. The first-order valence-corrected chi connectivity index (χ1v) is 7.72. The number of hydrogen-bond donors (Lipinski definition) is 0. The highest BCUT2D eigenvalue weighted by Crippen LogP contribution is 2.21. The number of nitriles is 1. The highest BCUT2D eigenvalue weighted by atomic mass is 16.5. The van der Waals surface area contributed by atoms with Crippen LogP contribution < -0.4 is 4.74 Å². The first-order valence-electron chi connectivity index (χ1n) is 7.72. The summed E-state index contributed by atoms with van der Waals surface area (Å²) >= 11 is 0. The number of rotatable bonds is 2. The Bertz CT molecular complexity index is 556. The zero-order chi connectivity index (χ0) is 16.8. The predicted molar refractivity (Wildman–Crippen MR) is 94.2 cm³/mol. The first kappa shape index (κ1) is 19.7. The number of nitrogens with zero attached hydrogens (tertiary/aromatic N) is 1. The van der Waals surface area contributed by atoms with E-state index in [4.69, 9.17) is 10.00 Å². The third kappa shape index (κ3) is 7.50. The van der Waals surface area contributed by atoms with E-state index in [9.17, 15) is 0 Å². The third-order valence-corrected chi connectivity index (χ3v) is 2.77. The molecule has 22 heavy (non-hydrogen) atoms. The average molecular weight is 297 g/mol. The van der Waals surface area contributed by atoms with E-state index in [0.717, 1.165) is 17.7 Å². The Labute approximate surface area is 135 Å². The Hall–Kier alpha value is -2.27. The molecular weight excluding hydrogens is 270 g/mol. The molecule has 2 aromatic carbocycles. The van der Waals surface area contributed by atoms with Gasteiger partial charge in [0.2, 0.25) is 0 Å². The SMILES string of the molecule is CCC.CCc1c(C#N)cccc1OC.Cc1ccccc1. The summed E-state index contributed by atoms with van der Waals surface area (Å²) < 4.78 is 5.13. The van der Waals surface area contributed by atoms with Crippen molar-refractivity contribution in [3.05, 3.63) is 65.2 Å². The van der Waals surface area contributed by atoms with Crippen molar-refractivity contribution in [2.24, 2.45) is 0 Å². The van der Waals surface area contributed by atoms with Crippen LogP contribution >= 0.6 is 0 Å². The molecule has 0 saturated heterocycles. The quantitative estimate of drug-likeness (QED) is 0.729. The summed E-state index contributed by atoms with van der Waals surface area (Å²) in [5.74, 6) is 0.802. The number of methoxy groups -OCH3 is 1. The Morgan fingerprint density at radius 1 is 0.955 bits per heavy atom. The van der Waals surface area contributed by atoms with Crippen LogP contribution in [0.1, 0.15) is 43.9 Å². The zero-order valence-electron chi connectivity index (χ0n) is 14.4. The van der Waals surface area contributed by atoms with E-state index in [0.29, 0.717) is 5.56 Å². The highest BCUT2D eigenvalue weighted by molar-refractivity contribution is 5.46. The lowest BCUT2D eigenvalue weighted by atomic mass is 10.1. The zero-order valence-corrected chi connectivity index (χ0v) is 14.4. The summed E-state index contributed by atoms with van der Waals surface area (Å²) in [4.78, 5) is 0. The fourth-order valence-electron chi connectivity index (χ4n) is 1.76. The third-order valence-electron chi connectivity index (χ3n) is 2.77. The fourth-order valence-corrected chi connectivity index (χ4v) is 1.76. The molecule has 0 radical (unpaired) electrons. The van der Waals surface area contributed by atoms with Crippen molar-refractivity contribution in [2.45, 2.75) is 40.5 Å². The van der Waals surface area contributed by atoms with Gasteiger partial charge in [-0.15, -0.1) is 0 Å². The van der Waals surface area contributed by atoms with Crippen LogP contribution in [0.25, 0.3) is 0 Å². The molecule has 118 valence electrons. The van der Waals surface area contributed by atoms with Crippen molar-refractivity contribution in [1.29, 1.82) is 5.26 Å². The largest absolute Gasteiger partial charge is 0.496 e. The average Bonchev–Trinajstić information content (AvgIpc) is 2.56. The maximum absolute atomic E-state index is 8.76. The number of ether oxygens (including phenoxy) is 1. The maximum atomic E-state index is 8.76. The van der Waals surface area contributed by atoms with E-state index < -0.39 is 0 Å². The van der Waals surface area contributed by atoms with E-state index in [2.05, 4.69) is 39.0 Å². The van der Waals surface area contributed by atoms with Gasteiger partial charge in [-0.05, 0) is 25.5 Å². The molecule has 2 heteroatoms. The lowest BCUT2D eigenvalue weighted by Gasteiger charge is -2.06. The van der Waals surface area contributed by atoms with Gasteiger partial charge in [0.05, 0.1) is 18.7 Å². The van der Waals surface area contributed by atoms with Crippen molar-refractivity contribution in [2.75, 3.05) is 7.11 Å². The van der Waals surface area contributed by atoms with E-state index in [1.165, 1.54) is 12.0 Å². The summed E-state index contributed by atoms with van der Waals surface area (Å²) in [6, 6.07) is 17.9. The van der Waals surface area contributed by atoms with Gasteiger partial charge in [0.15, 0.2) is 0 Å². The molecule has 0 atom stereocenters. The van der Waals surface area contributed by atoms with Crippen molar-refractivity contribution < 1.29 is 4.74 Å². The van der Waals surface area contributed by atoms with E-state index in [-0.39, 0.29) is 0 Å². The summed E-state index contributed by atoms with van der Waals surface area (Å²) in [5, 5.41) is 8.76. The summed E-state index contributed by atoms with van der Waals surface area (Å²) in [5.41, 5.74) is 3.02. The Morgan fingerprint density at radius 3 is 1.91 bits per heavy atom. The van der Waals surface area contributed by atoms with Crippen LogP contribution in [0.4, 0.5) is 0 Å². The van der Waals surface area contributed by atoms with E-state index >= 15 is 0 Å². The second kappa shape index (κ2) is 12.5. The van der Waals surface area contributed by atoms with Gasteiger partial charge in [-0.25, -0.2) is 0 Å². The topological polar surface area (TPSA) is 33.0 Å². The minimum Gasteiger partial charge on any atom is -0.496 e. The molecule has 0 aromatic heterocycles. The van der Waals surface area contributed by atoms with Crippen LogP contribution in [0, 0.1) is 18.3 Å². The Kier molecular flexibility index (Phi) is 11.2. The molecule has 0 saturated carbocycles. The molecule has 0 amide bonds. The molecule has 0 bridgehead atoms. The van der Waals surface area contributed by atoms with Crippen molar-refractivity contribution >= 4 is 0 Å². The molecule has 0 fully saturated rings. The van der Waals surface area contributed by atoms with Gasteiger partial charge >= 0.3 is 0 Å². The molecule has 0 aliphatic heterocycles. The van der Waals surface area contributed by atoms with Crippen molar-refractivity contribution in [3.8, 4) is 11.8 Å². The summed E-state index contributed by atoms with van der Waals surface area (Å²) in [6.45, 7) is 8.35. The molecule has 0 aliphatic carbocycles. The molecule has 2 rings (SSSR count). The lowest BCUT2D eigenvalue weighted by Crippen LogP contribution is -1.93. The Morgan fingerprint density at radius 2 is 1.55 bits per heavy atom. The normalized spacial score (nSPS) is 8.55. The van der Waals surface area contributed by atoms with Gasteiger partial charge in [0, 0.05) is 5.56 Å². The molecule has 2 aromatic rings. The lowest BCUT2D eigenvalue weighted by molar-refractivity contribution is 0.410. The van der Waals surface area contributed by atoms with Gasteiger partial charge in [-0.1, -0.05) is 69.2 Å². The minimum absolute atomic E-state index is 0.705. The van der Waals surface area contributed by atoms with Gasteiger partial charge in [-0.3, -0.25) is 0 Å². The second-order valence-electron chi connectivity index (χ2n) is 4.81. The van der Waals surface area contributed by atoms with E-state index in [1.807, 2.05) is 37.3 Å². The van der Waals surface area contributed by atoms with Crippen molar-refractivity contribution in [1.82, 2.24) is 0 Å². The molecular formula is C20H27NO. The first-order chi connectivity index (χ1) is 10.6. The number of hydrogen-bond acceptors (Lipinski definition) is 2. The van der Waals surface area contributed by atoms with Crippen LogP contribution in [0.15, 0.2) is 48.5 Å². The molecule has 2 nitrogen and oxygen atoms in total. The standard InChI is InChI=1S/C10H11NO.C7H8.C3H8/c1-3-9-8(7-11)5-4-6-10(9)12-2;1-7-5-3-2-4-6-7;1-3-2/h4-6H,3H2,1-2H3;2-6H,1H3;3H2,1-2H3. The molecule has 0 heterocycles. The van der Waals surface area contributed by atoms with E-state index in [1.54, 1.807) is 13.2 Å². The van der Waals surface area contributed by atoms with Gasteiger partial charge in [0.25, 0.3) is 0 Å². The van der Waals surface area contributed by atoms with Crippen LogP contribution in [0.2, 0.25) is 0 Å². The molecule has 0 N–H and O–H groups in total. The molecule has 0 spiro atoms. The maximum Gasteiger partial charge on any atom is 0.123 e. The molecule has 0 aliphatic rings. The van der Waals surface area contributed by atoms with Gasteiger partial charge in [0.1, 0.15) is 5.75 Å². The van der Waals surface area contributed by atoms with Gasteiger partial charge in [-0.2, -0.15) is 5.26 Å². The predicted octanol–water partition coefficient (Wildman–Crippen LogP) is 5.54. The summed E-state index contributed by atoms with van der Waals surface area (Å²) in [7, 11) is 1.62. The smallest absolute Gasteiger partial charge is 0.123 e.